The highest BCUT2D eigenvalue weighted by Gasteiger charge is 2.25. The minimum Gasteiger partial charge on any atom is -0.366 e. The molecule has 1 aliphatic rings. The van der Waals surface area contributed by atoms with Crippen molar-refractivity contribution >= 4 is 11.7 Å². The van der Waals surface area contributed by atoms with Gasteiger partial charge in [0.15, 0.2) is 0 Å². The van der Waals surface area contributed by atoms with E-state index in [1.807, 2.05) is 30.3 Å². The van der Waals surface area contributed by atoms with Gasteiger partial charge in [-0.05, 0) is 49.1 Å². The van der Waals surface area contributed by atoms with Crippen LogP contribution in [0.4, 0.5) is 0 Å². The first-order chi connectivity index (χ1) is 12.6. The topological polar surface area (TPSA) is 63.4 Å². The Morgan fingerprint density at radius 1 is 1.00 bits per heavy atom. The van der Waals surface area contributed by atoms with Crippen LogP contribution in [0.5, 0.6) is 0 Å². The summed E-state index contributed by atoms with van der Waals surface area (Å²) < 4.78 is 0. The van der Waals surface area contributed by atoms with Gasteiger partial charge in [0.2, 0.25) is 5.91 Å². The summed E-state index contributed by atoms with van der Waals surface area (Å²) in [5.74, 6) is 0.110. The minimum absolute atomic E-state index is 0.136. The van der Waals surface area contributed by atoms with Gasteiger partial charge in [-0.1, -0.05) is 42.5 Å². The molecule has 1 aliphatic heterocycles. The molecular weight excluding hydrogens is 324 g/mol. The number of carbonyl (C=O) groups excluding carboxylic acids is 2. The molecule has 136 valence electrons. The molecule has 1 fully saturated rings. The Bertz CT molecular complexity index is 740. The van der Waals surface area contributed by atoms with Crippen molar-refractivity contribution in [1.29, 1.82) is 0 Å². The fraction of sp³-hybridized carbons (Fsp3) is 0.364. The number of aryl methyl sites for hydroxylation is 1. The van der Waals surface area contributed by atoms with E-state index in [0.717, 1.165) is 44.5 Å². The van der Waals surface area contributed by atoms with Gasteiger partial charge in [-0.3, -0.25) is 14.5 Å². The lowest BCUT2D eigenvalue weighted by Gasteiger charge is -2.32. The lowest BCUT2D eigenvalue weighted by Crippen LogP contribution is -2.38. The van der Waals surface area contributed by atoms with Gasteiger partial charge in [-0.25, -0.2) is 0 Å². The van der Waals surface area contributed by atoms with Gasteiger partial charge in [0, 0.05) is 31.0 Å². The van der Waals surface area contributed by atoms with E-state index in [2.05, 4.69) is 17.0 Å². The number of hydrogen-bond acceptors (Lipinski definition) is 3. The highest BCUT2D eigenvalue weighted by Crippen LogP contribution is 2.21. The predicted octanol–water partition coefficient (Wildman–Crippen LogP) is 3.20. The second kappa shape index (κ2) is 8.77. The summed E-state index contributed by atoms with van der Waals surface area (Å²) in [6.07, 6.45) is 3.49. The van der Waals surface area contributed by atoms with Crippen LogP contribution in [-0.4, -0.2) is 29.7 Å². The molecule has 2 N–H and O–H groups in total. The van der Waals surface area contributed by atoms with Gasteiger partial charge >= 0.3 is 0 Å². The number of piperidine rings is 1. The average Bonchev–Trinajstić information content (AvgIpc) is 2.67. The van der Waals surface area contributed by atoms with Gasteiger partial charge in [-0.15, -0.1) is 0 Å². The molecule has 1 saturated heterocycles. The average molecular weight is 350 g/mol. The smallest absolute Gasteiger partial charge is 0.248 e. The number of rotatable bonds is 7. The van der Waals surface area contributed by atoms with Gasteiger partial charge in [0.1, 0.15) is 5.78 Å². The molecule has 0 unspecified atom stereocenters. The van der Waals surface area contributed by atoms with Crippen molar-refractivity contribution in [2.24, 2.45) is 11.7 Å². The van der Waals surface area contributed by atoms with Crippen LogP contribution in [0.3, 0.4) is 0 Å². The molecule has 2 aromatic rings. The Labute approximate surface area is 155 Å². The quantitative estimate of drug-likeness (QED) is 0.834. The zero-order valence-corrected chi connectivity index (χ0v) is 15.1. The summed E-state index contributed by atoms with van der Waals surface area (Å²) in [5, 5.41) is 0. The second-order valence-corrected chi connectivity index (χ2v) is 7.09. The molecule has 1 amide bonds. The van der Waals surface area contributed by atoms with Gasteiger partial charge in [-0.2, -0.15) is 0 Å². The van der Waals surface area contributed by atoms with Crippen LogP contribution in [0.15, 0.2) is 54.6 Å². The first-order valence-electron chi connectivity index (χ1n) is 9.29. The third-order valence-corrected chi connectivity index (χ3v) is 5.11. The number of nitrogens with two attached hydrogens (primary N) is 1. The van der Waals surface area contributed by atoms with Crippen molar-refractivity contribution in [2.75, 3.05) is 13.1 Å². The Balaban J connectivity index is 1.51. The van der Waals surface area contributed by atoms with Crippen molar-refractivity contribution < 1.29 is 9.59 Å². The number of Topliss-reactive ketones (excluding diaryl/α,β-unsaturated/α-hetero) is 1. The summed E-state index contributed by atoms with van der Waals surface area (Å²) >= 11 is 0. The number of carbonyl (C=O) groups is 2. The van der Waals surface area contributed by atoms with E-state index in [-0.39, 0.29) is 5.92 Å². The summed E-state index contributed by atoms with van der Waals surface area (Å²) in [4.78, 5) is 26.1. The third kappa shape index (κ3) is 5.02. The molecular formula is C22H26N2O2. The van der Waals surface area contributed by atoms with E-state index in [1.54, 1.807) is 12.1 Å². The molecule has 4 heteroatoms. The number of benzene rings is 2. The zero-order valence-electron chi connectivity index (χ0n) is 15.1. The molecule has 3 rings (SSSR count). The van der Waals surface area contributed by atoms with E-state index in [1.165, 1.54) is 5.56 Å². The van der Waals surface area contributed by atoms with E-state index >= 15 is 0 Å². The molecule has 0 aromatic heterocycles. The highest BCUT2D eigenvalue weighted by atomic mass is 16.1. The Morgan fingerprint density at radius 2 is 1.73 bits per heavy atom. The van der Waals surface area contributed by atoms with Crippen molar-refractivity contribution in [3.8, 4) is 0 Å². The number of ketones is 1. The van der Waals surface area contributed by atoms with Crippen molar-refractivity contribution in [1.82, 2.24) is 4.90 Å². The van der Waals surface area contributed by atoms with Crippen LogP contribution < -0.4 is 5.73 Å². The summed E-state index contributed by atoms with van der Waals surface area (Å²) in [7, 11) is 0. The number of likely N-dealkylation sites (tertiary alicyclic amines) is 1. The largest absolute Gasteiger partial charge is 0.366 e. The highest BCUT2D eigenvalue weighted by molar-refractivity contribution is 5.92. The lowest BCUT2D eigenvalue weighted by atomic mass is 9.90. The molecule has 0 saturated carbocycles. The molecule has 0 spiro atoms. The Hall–Kier alpha value is -2.46. The molecule has 2 aromatic carbocycles. The molecule has 0 aliphatic carbocycles. The Morgan fingerprint density at radius 3 is 2.42 bits per heavy atom. The van der Waals surface area contributed by atoms with E-state index in [9.17, 15) is 9.59 Å². The SMILES string of the molecule is NC(=O)c1ccc(CN2CCC[C@@H](C(=O)CCc3ccccc3)C2)cc1. The van der Waals surface area contributed by atoms with Crippen molar-refractivity contribution in [3.63, 3.8) is 0 Å². The second-order valence-electron chi connectivity index (χ2n) is 7.09. The van der Waals surface area contributed by atoms with E-state index < -0.39 is 5.91 Å². The summed E-state index contributed by atoms with van der Waals surface area (Å²) in [6.45, 7) is 2.65. The van der Waals surface area contributed by atoms with Crippen LogP contribution in [0.1, 0.15) is 40.7 Å². The molecule has 1 heterocycles. The maximum Gasteiger partial charge on any atom is 0.248 e. The normalized spacial score (nSPS) is 17.8. The van der Waals surface area contributed by atoms with Crippen LogP contribution in [0.25, 0.3) is 0 Å². The monoisotopic (exact) mass is 350 g/mol. The first kappa shape index (κ1) is 18.3. The van der Waals surface area contributed by atoms with E-state index in [4.69, 9.17) is 5.73 Å². The van der Waals surface area contributed by atoms with Crippen LogP contribution >= 0.6 is 0 Å². The molecule has 26 heavy (non-hydrogen) atoms. The molecule has 0 radical (unpaired) electrons. The molecule has 4 nitrogen and oxygen atoms in total. The zero-order chi connectivity index (χ0) is 18.4. The summed E-state index contributed by atoms with van der Waals surface area (Å²) in [6, 6.07) is 17.6. The number of nitrogens with zero attached hydrogens (tertiary/aromatic N) is 1. The maximum absolute atomic E-state index is 12.6. The first-order valence-corrected chi connectivity index (χ1v) is 9.29. The van der Waals surface area contributed by atoms with Gasteiger partial charge in [0.05, 0.1) is 0 Å². The Kier molecular flexibility index (Phi) is 6.18. The van der Waals surface area contributed by atoms with Crippen molar-refractivity contribution in [2.45, 2.75) is 32.2 Å². The van der Waals surface area contributed by atoms with Crippen LogP contribution in [0.2, 0.25) is 0 Å². The van der Waals surface area contributed by atoms with Gasteiger partial charge in [0.25, 0.3) is 0 Å². The summed E-state index contributed by atoms with van der Waals surface area (Å²) in [5.41, 5.74) is 8.18. The standard InChI is InChI=1S/C22H26N2O2/c23-22(26)19-11-8-18(9-12-19)15-24-14-4-7-20(16-24)21(25)13-10-17-5-2-1-3-6-17/h1-3,5-6,8-9,11-12,20H,4,7,10,13-16H2,(H2,23,26)/t20-/m1/s1. The minimum atomic E-state index is -0.404. The third-order valence-electron chi connectivity index (χ3n) is 5.11. The van der Waals surface area contributed by atoms with Crippen LogP contribution in [-0.2, 0) is 17.8 Å². The van der Waals surface area contributed by atoms with Gasteiger partial charge < -0.3 is 5.73 Å². The fourth-order valence-electron chi connectivity index (χ4n) is 3.61. The fourth-order valence-corrected chi connectivity index (χ4v) is 3.61. The predicted molar refractivity (Wildman–Crippen MR) is 103 cm³/mol. The number of hydrogen-bond donors (Lipinski definition) is 1. The lowest BCUT2D eigenvalue weighted by molar-refractivity contribution is -0.124. The maximum atomic E-state index is 12.6. The molecule has 1 atom stereocenters. The van der Waals surface area contributed by atoms with E-state index in [0.29, 0.717) is 17.8 Å². The molecule has 0 bridgehead atoms. The van der Waals surface area contributed by atoms with Crippen LogP contribution in [0, 0.1) is 5.92 Å². The number of primary amides is 1. The number of amides is 1. The van der Waals surface area contributed by atoms with Crippen molar-refractivity contribution in [3.05, 3.63) is 71.3 Å².